The maximum atomic E-state index is 8.74. The van der Waals surface area contributed by atoms with Gasteiger partial charge in [-0.05, 0) is 24.1 Å². The number of nitrogens with two attached hydrogens (primary N) is 1. The van der Waals surface area contributed by atoms with Crippen LogP contribution in [0.15, 0.2) is 12.1 Å². The molecule has 0 saturated heterocycles. The first-order valence-electron chi connectivity index (χ1n) is 4.07. The number of hydrogen-bond acceptors (Lipinski definition) is 2. The van der Waals surface area contributed by atoms with Crippen molar-refractivity contribution in [1.82, 2.24) is 0 Å². The second-order valence-electron chi connectivity index (χ2n) is 2.91. The van der Waals surface area contributed by atoms with Crippen molar-refractivity contribution in [2.75, 3.05) is 6.61 Å². The van der Waals surface area contributed by atoms with E-state index in [0.29, 0.717) is 27.1 Å². The summed E-state index contributed by atoms with van der Waals surface area (Å²) in [6.07, 6.45) is 0.427. The first-order chi connectivity index (χ1) is 6.56. The van der Waals surface area contributed by atoms with Crippen LogP contribution in [-0.2, 0) is 0 Å². The second-order valence-corrected chi connectivity index (χ2v) is 4.13. The van der Waals surface area contributed by atoms with Crippen LogP contribution in [0.3, 0.4) is 0 Å². The molecule has 0 aliphatic carbocycles. The molecule has 0 bridgehead atoms. The van der Waals surface area contributed by atoms with Crippen molar-refractivity contribution < 1.29 is 5.11 Å². The molecule has 3 N–H and O–H groups in total. The van der Waals surface area contributed by atoms with E-state index in [-0.39, 0.29) is 12.6 Å². The number of hydrogen-bond donors (Lipinski definition) is 2. The van der Waals surface area contributed by atoms with Crippen molar-refractivity contribution in [3.63, 3.8) is 0 Å². The minimum absolute atomic E-state index is 0.00162. The predicted octanol–water partition coefficient (Wildman–Crippen LogP) is 3.03. The summed E-state index contributed by atoms with van der Waals surface area (Å²) in [5.41, 5.74) is 6.45. The van der Waals surface area contributed by atoms with Gasteiger partial charge in [-0.25, -0.2) is 0 Å². The van der Waals surface area contributed by atoms with Crippen LogP contribution < -0.4 is 5.73 Å². The smallest absolute Gasteiger partial charge is 0.0641 e. The normalized spacial score (nSPS) is 12.9. The third-order valence-corrected chi connectivity index (χ3v) is 2.90. The Morgan fingerprint density at radius 1 is 1.29 bits per heavy atom. The summed E-state index contributed by atoms with van der Waals surface area (Å²) in [6.45, 7) is 0.00162. The lowest BCUT2D eigenvalue weighted by Gasteiger charge is -2.13. The summed E-state index contributed by atoms with van der Waals surface area (Å²) >= 11 is 17.6. The van der Waals surface area contributed by atoms with Crippen LogP contribution >= 0.6 is 34.8 Å². The molecule has 0 heterocycles. The van der Waals surface area contributed by atoms with Gasteiger partial charge in [-0.15, -0.1) is 0 Å². The van der Waals surface area contributed by atoms with Gasteiger partial charge in [-0.2, -0.15) is 0 Å². The molecule has 1 rings (SSSR count). The van der Waals surface area contributed by atoms with Crippen LogP contribution in [0.5, 0.6) is 0 Å². The molecular formula is C9H10Cl3NO. The highest BCUT2D eigenvalue weighted by Crippen LogP contribution is 2.33. The molecule has 0 aliphatic rings. The SMILES string of the molecule is N[C@H](CCO)c1cc(Cl)cc(Cl)c1Cl. The predicted molar refractivity (Wildman–Crippen MR) is 60.1 cm³/mol. The van der Waals surface area contributed by atoms with Gasteiger partial charge in [0.1, 0.15) is 0 Å². The highest BCUT2D eigenvalue weighted by molar-refractivity contribution is 6.43. The van der Waals surface area contributed by atoms with E-state index >= 15 is 0 Å². The monoisotopic (exact) mass is 253 g/mol. The summed E-state index contributed by atoms with van der Waals surface area (Å²) in [5.74, 6) is 0. The Kier molecular flexibility index (Phi) is 4.48. The van der Waals surface area contributed by atoms with Crippen molar-refractivity contribution in [1.29, 1.82) is 0 Å². The Morgan fingerprint density at radius 2 is 1.93 bits per heavy atom. The maximum Gasteiger partial charge on any atom is 0.0641 e. The van der Waals surface area contributed by atoms with Gasteiger partial charge in [-0.1, -0.05) is 34.8 Å². The number of aliphatic hydroxyl groups excluding tert-OH is 1. The van der Waals surface area contributed by atoms with E-state index in [1.807, 2.05) is 0 Å². The zero-order valence-corrected chi connectivity index (χ0v) is 9.57. The lowest BCUT2D eigenvalue weighted by molar-refractivity contribution is 0.276. The third kappa shape index (κ3) is 2.75. The third-order valence-electron chi connectivity index (χ3n) is 1.86. The Bertz CT molecular complexity index is 330. The Balaban J connectivity index is 3.07. The van der Waals surface area contributed by atoms with Crippen LogP contribution in [0.4, 0.5) is 0 Å². The Hall–Kier alpha value is 0.01000. The van der Waals surface area contributed by atoms with Crippen LogP contribution in [0.25, 0.3) is 0 Å². The number of benzene rings is 1. The van der Waals surface area contributed by atoms with E-state index in [2.05, 4.69) is 0 Å². The van der Waals surface area contributed by atoms with Gasteiger partial charge in [0, 0.05) is 17.7 Å². The summed E-state index contributed by atoms with van der Waals surface area (Å²) in [7, 11) is 0. The van der Waals surface area contributed by atoms with E-state index in [0.717, 1.165) is 0 Å². The standard InChI is InChI=1S/C9H10Cl3NO/c10-5-3-6(8(13)1-2-14)9(12)7(11)4-5/h3-4,8,14H,1-2,13H2/t8-/m1/s1. The summed E-state index contributed by atoms with van der Waals surface area (Å²) in [6, 6.07) is 2.88. The molecule has 0 aromatic heterocycles. The Morgan fingerprint density at radius 3 is 2.50 bits per heavy atom. The number of rotatable bonds is 3. The van der Waals surface area contributed by atoms with Crippen LogP contribution in [0.2, 0.25) is 15.1 Å². The zero-order valence-electron chi connectivity index (χ0n) is 7.30. The van der Waals surface area contributed by atoms with Crippen LogP contribution in [-0.4, -0.2) is 11.7 Å². The fourth-order valence-electron chi connectivity index (χ4n) is 1.14. The molecule has 78 valence electrons. The fraction of sp³-hybridized carbons (Fsp3) is 0.333. The number of aliphatic hydroxyl groups is 1. The van der Waals surface area contributed by atoms with E-state index in [1.165, 1.54) is 0 Å². The van der Waals surface area contributed by atoms with Crippen molar-refractivity contribution in [2.45, 2.75) is 12.5 Å². The summed E-state index contributed by atoms with van der Waals surface area (Å²) < 4.78 is 0. The molecule has 0 amide bonds. The van der Waals surface area contributed by atoms with Gasteiger partial charge in [0.25, 0.3) is 0 Å². The molecular weight excluding hydrogens is 244 g/mol. The maximum absolute atomic E-state index is 8.74. The molecule has 2 nitrogen and oxygen atoms in total. The first-order valence-corrected chi connectivity index (χ1v) is 5.20. The molecule has 0 fully saturated rings. The van der Waals surface area contributed by atoms with Gasteiger partial charge >= 0.3 is 0 Å². The van der Waals surface area contributed by atoms with Gasteiger partial charge in [0.2, 0.25) is 0 Å². The van der Waals surface area contributed by atoms with Crippen molar-refractivity contribution in [3.8, 4) is 0 Å². The highest BCUT2D eigenvalue weighted by Gasteiger charge is 2.13. The van der Waals surface area contributed by atoms with Crippen LogP contribution in [0.1, 0.15) is 18.0 Å². The molecule has 0 aliphatic heterocycles. The number of halogens is 3. The molecule has 5 heteroatoms. The molecule has 14 heavy (non-hydrogen) atoms. The second kappa shape index (κ2) is 5.19. The lowest BCUT2D eigenvalue weighted by atomic mass is 10.1. The largest absolute Gasteiger partial charge is 0.396 e. The summed E-state index contributed by atoms with van der Waals surface area (Å²) in [4.78, 5) is 0. The molecule has 1 aromatic rings. The van der Waals surface area contributed by atoms with Gasteiger partial charge in [-0.3, -0.25) is 0 Å². The average molecular weight is 255 g/mol. The fourth-order valence-corrected chi connectivity index (χ4v) is 1.90. The average Bonchev–Trinajstić information content (AvgIpc) is 2.11. The molecule has 0 saturated carbocycles. The highest BCUT2D eigenvalue weighted by atomic mass is 35.5. The molecule has 0 radical (unpaired) electrons. The van der Waals surface area contributed by atoms with E-state index in [9.17, 15) is 0 Å². The van der Waals surface area contributed by atoms with Crippen molar-refractivity contribution >= 4 is 34.8 Å². The van der Waals surface area contributed by atoms with Crippen molar-refractivity contribution in [3.05, 3.63) is 32.8 Å². The zero-order chi connectivity index (χ0) is 10.7. The topological polar surface area (TPSA) is 46.2 Å². The van der Waals surface area contributed by atoms with E-state index in [4.69, 9.17) is 45.6 Å². The molecule has 0 spiro atoms. The minimum atomic E-state index is -0.344. The molecule has 0 unspecified atom stereocenters. The van der Waals surface area contributed by atoms with E-state index in [1.54, 1.807) is 12.1 Å². The van der Waals surface area contributed by atoms with Gasteiger partial charge < -0.3 is 10.8 Å². The van der Waals surface area contributed by atoms with Gasteiger partial charge in [0.15, 0.2) is 0 Å². The molecule has 1 aromatic carbocycles. The minimum Gasteiger partial charge on any atom is -0.396 e. The Labute approximate surface area is 97.6 Å². The summed E-state index contributed by atoms with van der Waals surface area (Å²) in [5, 5.41) is 10.0. The van der Waals surface area contributed by atoms with Crippen molar-refractivity contribution in [2.24, 2.45) is 5.73 Å². The van der Waals surface area contributed by atoms with Gasteiger partial charge in [0.05, 0.1) is 10.0 Å². The van der Waals surface area contributed by atoms with Crippen LogP contribution in [0, 0.1) is 0 Å². The first kappa shape index (κ1) is 12.1. The van der Waals surface area contributed by atoms with E-state index < -0.39 is 0 Å². The molecule has 1 atom stereocenters. The lowest BCUT2D eigenvalue weighted by Crippen LogP contribution is -2.12. The quantitative estimate of drug-likeness (QED) is 0.815.